The molecule has 3 rings (SSSR count). The highest BCUT2D eigenvalue weighted by Crippen LogP contribution is 2.42. The number of halogens is 3. The summed E-state index contributed by atoms with van der Waals surface area (Å²) in [6.45, 7) is 1.72. The zero-order valence-corrected chi connectivity index (χ0v) is 14.1. The molecule has 10 heteroatoms. The summed E-state index contributed by atoms with van der Waals surface area (Å²) in [7, 11) is 0. The maximum Gasteiger partial charge on any atom is 0.573 e. The van der Waals surface area contributed by atoms with Crippen molar-refractivity contribution in [3.63, 3.8) is 0 Å². The lowest BCUT2D eigenvalue weighted by Gasteiger charge is -2.10. The third-order valence-corrected chi connectivity index (χ3v) is 3.71. The quantitative estimate of drug-likeness (QED) is 0.760. The van der Waals surface area contributed by atoms with E-state index >= 15 is 0 Å². The van der Waals surface area contributed by atoms with E-state index in [2.05, 4.69) is 15.2 Å². The Morgan fingerprint density at radius 3 is 2.48 bits per heavy atom. The van der Waals surface area contributed by atoms with Gasteiger partial charge < -0.3 is 19.3 Å². The van der Waals surface area contributed by atoms with Crippen LogP contribution in [0, 0.1) is 0 Å². The van der Waals surface area contributed by atoms with Gasteiger partial charge in [-0.05, 0) is 44.0 Å². The van der Waals surface area contributed by atoms with Crippen molar-refractivity contribution in [2.45, 2.75) is 32.0 Å². The van der Waals surface area contributed by atoms with E-state index in [4.69, 9.17) is 9.26 Å². The molecule has 0 bridgehead atoms. The Balaban J connectivity index is 1.79. The number of nitrogens with zero attached hydrogens (tertiary/aromatic N) is 1. The first-order valence-electron chi connectivity index (χ1n) is 8.12. The van der Waals surface area contributed by atoms with E-state index in [1.54, 1.807) is 6.92 Å². The Morgan fingerprint density at radius 2 is 1.93 bits per heavy atom. The van der Waals surface area contributed by atoms with Crippen molar-refractivity contribution in [1.29, 1.82) is 0 Å². The number of ether oxygens (including phenoxy) is 2. The number of carbonyl (C=O) groups excluding carboxylic acids is 2. The largest absolute Gasteiger partial charge is 0.573 e. The number of hydrogen-bond acceptors (Lipinski definition) is 6. The van der Waals surface area contributed by atoms with Crippen molar-refractivity contribution in [1.82, 2.24) is 5.16 Å². The number of rotatable bonds is 6. The molecule has 27 heavy (non-hydrogen) atoms. The van der Waals surface area contributed by atoms with Crippen molar-refractivity contribution in [3.8, 4) is 5.75 Å². The molecule has 0 atom stereocenters. The molecule has 0 radical (unpaired) electrons. The van der Waals surface area contributed by atoms with Gasteiger partial charge in [0.25, 0.3) is 5.91 Å². The fourth-order valence-corrected chi connectivity index (χ4v) is 2.42. The average molecular weight is 384 g/mol. The molecular formula is C17H15F3N2O5. The number of aromatic nitrogens is 1. The summed E-state index contributed by atoms with van der Waals surface area (Å²) < 4.78 is 50.4. The Kier molecular flexibility index (Phi) is 5.06. The van der Waals surface area contributed by atoms with Gasteiger partial charge in [0.2, 0.25) is 5.69 Å². The number of nitrogens with one attached hydrogen (secondary N) is 1. The SMILES string of the molecule is CCOC(=O)c1noc(C2CC2)c1C(=O)Nc1ccc(OC(F)(F)F)cc1. The Hall–Kier alpha value is -3.04. The normalized spacial score (nSPS) is 13.9. The second-order valence-corrected chi connectivity index (χ2v) is 5.79. The molecule has 2 aromatic rings. The molecule has 1 aliphatic carbocycles. The predicted molar refractivity (Wildman–Crippen MR) is 85.5 cm³/mol. The van der Waals surface area contributed by atoms with Crippen LogP contribution in [-0.4, -0.2) is 30.0 Å². The van der Waals surface area contributed by atoms with Crippen LogP contribution in [-0.2, 0) is 4.74 Å². The third kappa shape index (κ3) is 4.57. The molecule has 0 unspecified atom stereocenters. The lowest BCUT2D eigenvalue weighted by molar-refractivity contribution is -0.274. The van der Waals surface area contributed by atoms with Gasteiger partial charge in [0.05, 0.1) is 6.61 Å². The molecule has 1 aromatic carbocycles. The van der Waals surface area contributed by atoms with E-state index in [0.29, 0.717) is 5.76 Å². The van der Waals surface area contributed by atoms with Gasteiger partial charge in [-0.3, -0.25) is 4.79 Å². The Labute approximate surface area is 151 Å². The van der Waals surface area contributed by atoms with Crippen LogP contribution in [0.1, 0.15) is 52.3 Å². The smallest absolute Gasteiger partial charge is 0.461 e. The van der Waals surface area contributed by atoms with Crippen LogP contribution in [0.25, 0.3) is 0 Å². The molecule has 0 saturated heterocycles. The minimum atomic E-state index is -4.80. The summed E-state index contributed by atoms with van der Waals surface area (Å²) >= 11 is 0. The zero-order chi connectivity index (χ0) is 19.6. The van der Waals surface area contributed by atoms with E-state index in [0.717, 1.165) is 25.0 Å². The van der Waals surface area contributed by atoms with Gasteiger partial charge in [0, 0.05) is 11.6 Å². The van der Waals surface area contributed by atoms with Crippen molar-refractivity contribution in [2.75, 3.05) is 11.9 Å². The Bertz CT molecular complexity index is 841. The molecule has 1 aromatic heterocycles. The first-order valence-corrected chi connectivity index (χ1v) is 8.12. The highest BCUT2D eigenvalue weighted by atomic mass is 19.4. The summed E-state index contributed by atoms with van der Waals surface area (Å²) in [6, 6.07) is 4.61. The lowest BCUT2D eigenvalue weighted by Crippen LogP contribution is -2.19. The highest BCUT2D eigenvalue weighted by molar-refractivity contribution is 6.11. The topological polar surface area (TPSA) is 90.7 Å². The van der Waals surface area contributed by atoms with Crippen LogP contribution in [0.5, 0.6) is 5.75 Å². The van der Waals surface area contributed by atoms with Gasteiger partial charge in [0.1, 0.15) is 11.3 Å². The Morgan fingerprint density at radius 1 is 1.26 bits per heavy atom. The standard InChI is InChI=1S/C17H15F3N2O5/c1-2-25-16(24)13-12(14(27-22-13)9-3-4-9)15(23)21-10-5-7-11(8-6-10)26-17(18,19)20/h5-9H,2-4H2,1H3,(H,21,23). The number of amides is 1. The number of esters is 1. The van der Waals surface area contributed by atoms with Crippen molar-refractivity contribution < 1.29 is 36.8 Å². The summed E-state index contributed by atoms with van der Waals surface area (Å²) in [4.78, 5) is 24.6. The highest BCUT2D eigenvalue weighted by Gasteiger charge is 2.37. The molecule has 0 spiro atoms. The summed E-state index contributed by atoms with van der Waals surface area (Å²) in [5.41, 5.74) is -0.0351. The average Bonchev–Trinajstić information content (AvgIpc) is 3.33. The van der Waals surface area contributed by atoms with E-state index in [-0.39, 0.29) is 29.5 Å². The van der Waals surface area contributed by atoms with Crippen molar-refractivity contribution >= 4 is 17.6 Å². The first kappa shape index (κ1) is 18.7. The molecular weight excluding hydrogens is 369 g/mol. The van der Waals surface area contributed by atoms with Crippen LogP contribution in [0.2, 0.25) is 0 Å². The molecule has 0 aliphatic heterocycles. The fraction of sp³-hybridized carbons (Fsp3) is 0.353. The molecule has 1 amide bonds. The monoisotopic (exact) mass is 384 g/mol. The van der Waals surface area contributed by atoms with Gasteiger partial charge in [0.15, 0.2) is 5.76 Å². The van der Waals surface area contributed by atoms with Crippen LogP contribution in [0.15, 0.2) is 28.8 Å². The number of hydrogen-bond donors (Lipinski definition) is 1. The van der Waals surface area contributed by atoms with E-state index in [1.165, 1.54) is 12.1 Å². The van der Waals surface area contributed by atoms with Gasteiger partial charge in [-0.1, -0.05) is 5.16 Å². The summed E-state index contributed by atoms with van der Waals surface area (Å²) in [6.07, 6.45) is -3.19. The van der Waals surface area contributed by atoms with Crippen LogP contribution < -0.4 is 10.1 Å². The third-order valence-electron chi connectivity index (χ3n) is 3.71. The minimum Gasteiger partial charge on any atom is -0.461 e. The number of anilines is 1. The van der Waals surface area contributed by atoms with Gasteiger partial charge in [-0.25, -0.2) is 4.79 Å². The van der Waals surface area contributed by atoms with Gasteiger partial charge in [-0.2, -0.15) is 0 Å². The van der Waals surface area contributed by atoms with Gasteiger partial charge in [-0.15, -0.1) is 13.2 Å². The zero-order valence-electron chi connectivity index (χ0n) is 14.1. The molecule has 1 N–H and O–H groups in total. The molecule has 1 aliphatic rings. The van der Waals surface area contributed by atoms with E-state index in [1.807, 2.05) is 0 Å². The van der Waals surface area contributed by atoms with Crippen molar-refractivity contribution in [3.05, 3.63) is 41.3 Å². The van der Waals surface area contributed by atoms with E-state index in [9.17, 15) is 22.8 Å². The second kappa shape index (κ2) is 7.29. The summed E-state index contributed by atoms with van der Waals surface area (Å²) in [5, 5.41) is 6.17. The predicted octanol–water partition coefficient (Wildman–Crippen LogP) is 3.88. The molecule has 1 saturated carbocycles. The van der Waals surface area contributed by atoms with Crippen LogP contribution >= 0.6 is 0 Å². The minimum absolute atomic E-state index is 0.00369. The van der Waals surface area contributed by atoms with Crippen LogP contribution in [0.3, 0.4) is 0 Å². The van der Waals surface area contributed by atoms with Gasteiger partial charge >= 0.3 is 12.3 Å². The number of carbonyl (C=O) groups is 2. The maximum absolute atomic E-state index is 12.6. The maximum atomic E-state index is 12.6. The molecule has 144 valence electrons. The molecule has 1 heterocycles. The molecule has 1 fully saturated rings. The fourth-order valence-electron chi connectivity index (χ4n) is 2.42. The van der Waals surface area contributed by atoms with Crippen LogP contribution in [0.4, 0.5) is 18.9 Å². The second-order valence-electron chi connectivity index (χ2n) is 5.79. The molecule has 7 nitrogen and oxygen atoms in total. The summed E-state index contributed by atoms with van der Waals surface area (Å²) in [5.74, 6) is -1.56. The number of alkyl halides is 3. The number of benzene rings is 1. The van der Waals surface area contributed by atoms with Crippen molar-refractivity contribution in [2.24, 2.45) is 0 Å². The first-order chi connectivity index (χ1) is 12.8. The van der Waals surface area contributed by atoms with E-state index < -0.39 is 24.0 Å². The lowest BCUT2D eigenvalue weighted by atomic mass is 10.1.